The first-order valence-corrected chi connectivity index (χ1v) is 21.9. The lowest BCUT2D eigenvalue weighted by molar-refractivity contribution is 0.769. The average molecular weight is 801 g/mol. The predicted molar refractivity (Wildman–Crippen MR) is 263 cm³/mol. The summed E-state index contributed by atoms with van der Waals surface area (Å²) in [5.74, 6) is 0. The Balaban J connectivity index is 1.14. The highest BCUT2D eigenvalue weighted by molar-refractivity contribution is 6.23. The Labute approximate surface area is 366 Å². The lowest BCUT2D eigenvalue weighted by atomic mass is 9.67. The summed E-state index contributed by atoms with van der Waals surface area (Å²) in [6.45, 7) is 0. The van der Waals surface area contributed by atoms with E-state index in [1.807, 2.05) is 0 Å². The van der Waals surface area contributed by atoms with Crippen molar-refractivity contribution in [3.8, 4) is 44.8 Å². The Morgan fingerprint density at radius 1 is 0.270 bits per heavy atom. The van der Waals surface area contributed by atoms with Gasteiger partial charge < -0.3 is 9.13 Å². The molecule has 1 aliphatic carbocycles. The first-order chi connectivity index (χ1) is 31.3. The fraction of sp³-hybridized carbons (Fsp3) is 0.0164. The van der Waals surface area contributed by atoms with E-state index in [0.717, 1.165) is 11.4 Å². The molecule has 0 fully saturated rings. The van der Waals surface area contributed by atoms with Crippen molar-refractivity contribution in [3.05, 3.63) is 265 Å². The van der Waals surface area contributed by atoms with E-state index in [1.54, 1.807) is 0 Å². The number of fused-ring (bicyclic) bond motifs is 9. The molecule has 294 valence electrons. The Bertz CT molecular complexity index is 3690. The zero-order valence-corrected chi connectivity index (χ0v) is 34.5. The van der Waals surface area contributed by atoms with Crippen molar-refractivity contribution < 1.29 is 0 Å². The van der Waals surface area contributed by atoms with Crippen LogP contribution >= 0.6 is 0 Å². The van der Waals surface area contributed by atoms with E-state index in [-0.39, 0.29) is 0 Å². The number of rotatable bonds is 6. The molecular formula is C61H40N2. The topological polar surface area (TPSA) is 9.86 Å². The molecule has 10 aromatic carbocycles. The first-order valence-electron chi connectivity index (χ1n) is 21.9. The zero-order valence-electron chi connectivity index (χ0n) is 34.5. The second-order valence-electron chi connectivity index (χ2n) is 16.8. The lowest BCUT2D eigenvalue weighted by Gasteiger charge is -2.34. The minimum Gasteiger partial charge on any atom is -0.309 e. The highest BCUT2D eigenvalue weighted by Crippen LogP contribution is 2.58. The molecular weight excluding hydrogens is 761 g/mol. The van der Waals surface area contributed by atoms with Gasteiger partial charge in [0, 0.05) is 32.9 Å². The van der Waals surface area contributed by atoms with Gasteiger partial charge in [0.1, 0.15) is 0 Å². The van der Waals surface area contributed by atoms with Gasteiger partial charge in [-0.1, -0.05) is 188 Å². The van der Waals surface area contributed by atoms with Crippen LogP contribution in [0.2, 0.25) is 0 Å². The molecule has 63 heavy (non-hydrogen) atoms. The van der Waals surface area contributed by atoms with Gasteiger partial charge in [-0.05, 0) is 110 Å². The van der Waals surface area contributed by atoms with Crippen LogP contribution in [0, 0.1) is 0 Å². The molecule has 0 saturated carbocycles. The molecule has 1 atom stereocenters. The maximum atomic E-state index is 2.53. The molecule has 0 bridgehead atoms. The summed E-state index contributed by atoms with van der Waals surface area (Å²) in [6.07, 6.45) is 0. The van der Waals surface area contributed by atoms with Crippen molar-refractivity contribution in [2.24, 2.45) is 0 Å². The Morgan fingerprint density at radius 3 is 1.41 bits per heavy atom. The van der Waals surface area contributed by atoms with Crippen LogP contribution in [0.4, 0.5) is 0 Å². The SMILES string of the molecule is c1ccc(-c2ccc(C3(c4ccccc4)c4ccccc4-c4cc5c6c(-c7cccc8c7c7ccccc7n8-c7ccccc7)cccc6n(-c6ccccc6)c5cc43)cc2)cc1. The monoisotopic (exact) mass is 800 g/mol. The number of nitrogens with zero attached hydrogens (tertiary/aromatic N) is 2. The molecule has 2 aromatic heterocycles. The molecule has 0 saturated heterocycles. The van der Waals surface area contributed by atoms with Gasteiger partial charge in [-0.2, -0.15) is 0 Å². The van der Waals surface area contributed by atoms with E-state index in [1.165, 1.54) is 99.2 Å². The number of para-hydroxylation sites is 3. The summed E-state index contributed by atoms with van der Waals surface area (Å²) < 4.78 is 4.92. The predicted octanol–water partition coefficient (Wildman–Crippen LogP) is 15.6. The summed E-state index contributed by atoms with van der Waals surface area (Å²) in [5, 5.41) is 5.00. The van der Waals surface area contributed by atoms with Crippen molar-refractivity contribution >= 4 is 43.6 Å². The quantitative estimate of drug-likeness (QED) is 0.159. The minimum absolute atomic E-state index is 0.553. The number of benzene rings is 10. The van der Waals surface area contributed by atoms with Gasteiger partial charge in [0.05, 0.1) is 27.5 Å². The van der Waals surface area contributed by atoms with E-state index < -0.39 is 5.41 Å². The fourth-order valence-corrected chi connectivity index (χ4v) is 11.0. The van der Waals surface area contributed by atoms with E-state index >= 15 is 0 Å². The fourth-order valence-electron chi connectivity index (χ4n) is 11.0. The molecule has 0 aliphatic heterocycles. The van der Waals surface area contributed by atoms with Crippen LogP contribution in [0.1, 0.15) is 22.3 Å². The second-order valence-corrected chi connectivity index (χ2v) is 16.8. The summed E-state index contributed by atoms with van der Waals surface area (Å²) in [4.78, 5) is 0. The molecule has 0 spiro atoms. The molecule has 0 radical (unpaired) electrons. The van der Waals surface area contributed by atoms with Gasteiger partial charge in [0.15, 0.2) is 0 Å². The second kappa shape index (κ2) is 13.9. The molecule has 12 aromatic rings. The van der Waals surface area contributed by atoms with Gasteiger partial charge in [0.2, 0.25) is 0 Å². The number of hydrogen-bond donors (Lipinski definition) is 0. The lowest BCUT2D eigenvalue weighted by Crippen LogP contribution is -2.28. The van der Waals surface area contributed by atoms with Crippen molar-refractivity contribution in [2.45, 2.75) is 5.41 Å². The smallest absolute Gasteiger partial charge is 0.0714 e. The first kappa shape index (κ1) is 35.5. The van der Waals surface area contributed by atoms with Gasteiger partial charge in [-0.25, -0.2) is 0 Å². The molecule has 1 unspecified atom stereocenters. The van der Waals surface area contributed by atoms with E-state index in [4.69, 9.17) is 0 Å². The Kier molecular flexibility index (Phi) is 7.85. The minimum atomic E-state index is -0.553. The summed E-state index contributed by atoms with van der Waals surface area (Å²) >= 11 is 0. The number of aromatic nitrogens is 2. The molecule has 2 heteroatoms. The molecule has 0 amide bonds. The Morgan fingerprint density at radius 2 is 0.746 bits per heavy atom. The molecule has 13 rings (SSSR count). The Hall–Kier alpha value is -8.20. The summed E-state index contributed by atoms with van der Waals surface area (Å²) in [7, 11) is 0. The van der Waals surface area contributed by atoms with Gasteiger partial charge >= 0.3 is 0 Å². The van der Waals surface area contributed by atoms with Crippen LogP contribution in [0.3, 0.4) is 0 Å². The van der Waals surface area contributed by atoms with E-state index in [2.05, 4.69) is 252 Å². The van der Waals surface area contributed by atoms with Crippen molar-refractivity contribution in [3.63, 3.8) is 0 Å². The molecule has 1 aliphatic rings. The molecule has 2 heterocycles. The third kappa shape index (κ3) is 5.13. The van der Waals surface area contributed by atoms with Gasteiger partial charge in [-0.15, -0.1) is 0 Å². The maximum Gasteiger partial charge on any atom is 0.0714 e. The average Bonchev–Trinajstić information content (AvgIpc) is 3.98. The standard InChI is InChI=1S/C61H40N2/c1-5-19-41(20-6-1)42-35-37-44(38-36-42)61(43-21-7-2-8-22-43)53-31-15-13-27-47(53)51-39-52-58(40-54(51)61)63(46-25-11-4-12-26-46)57-34-18-30-49(60(52)57)48-29-17-33-56-59(48)50-28-14-16-32-55(50)62(56)45-23-9-3-10-24-45/h1-40H. The van der Waals surface area contributed by atoms with Crippen LogP contribution in [-0.4, -0.2) is 9.13 Å². The number of hydrogen-bond acceptors (Lipinski definition) is 0. The van der Waals surface area contributed by atoms with Crippen molar-refractivity contribution in [1.82, 2.24) is 9.13 Å². The highest BCUT2D eigenvalue weighted by Gasteiger charge is 2.46. The van der Waals surface area contributed by atoms with E-state index in [0.29, 0.717) is 0 Å². The highest BCUT2D eigenvalue weighted by atomic mass is 15.0. The third-order valence-corrected chi connectivity index (χ3v) is 13.6. The van der Waals surface area contributed by atoms with E-state index in [9.17, 15) is 0 Å². The normalized spacial score (nSPS) is 14.4. The molecule has 2 nitrogen and oxygen atoms in total. The largest absolute Gasteiger partial charge is 0.309 e. The third-order valence-electron chi connectivity index (χ3n) is 13.6. The van der Waals surface area contributed by atoms with Crippen molar-refractivity contribution in [2.75, 3.05) is 0 Å². The van der Waals surface area contributed by atoms with Crippen LogP contribution in [0.5, 0.6) is 0 Å². The van der Waals surface area contributed by atoms with Crippen molar-refractivity contribution in [1.29, 1.82) is 0 Å². The zero-order chi connectivity index (χ0) is 41.5. The summed E-state index contributed by atoms with van der Waals surface area (Å²) in [5.41, 5.74) is 19.1. The van der Waals surface area contributed by atoms with Gasteiger partial charge in [0.25, 0.3) is 0 Å². The molecule has 0 N–H and O–H groups in total. The van der Waals surface area contributed by atoms with Crippen LogP contribution in [-0.2, 0) is 5.41 Å². The van der Waals surface area contributed by atoms with Crippen LogP contribution in [0.25, 0.3) is 88.4 Å². The van der Waals surface area contributed by atoms with Crippen LogP contribution in [0.15, 0.2) is 243 Å². The summed E-state index contributed by atoms with van der Waals surface area (Å²) in [6, 6.07) is 89.6. The van der Waals surface area contributed by atoms with Gasteiger partial charge in [-0.3, -0.25) is 0 Å². The maximum absolute atomic E-state index is 2.53. The van der Waals surface area contributed by atoms with Crippen LogP contribution < -0.4 is 0 Å².